The normalized spacial score (nSPS) is 11.2. The molecule has 0 saturated heterocycles. The lowest BCUT2D eigenvalue weighted by molar-refractivity contribution is 0.297. The molecular formula is C18H26N2O. The van der Waals surface area contributed by atoms with Gasteiger partial charge in [-0.25, -0.2) is 4.98 Å². The quantitative estimate of drug-likeness (QED) is 0.735. The number of fused-ring (bicyclic) bond motifs is 1. The summed E-state index contributed by atoms with van der Waals surface area (Å²) in [5.74, 6) is 0.768. The third-order valence-electron chi connectivity index (χ3n) is 3.44. The molecule has 1 aromatic heterocycles. The standard InChI is InChI=1S/C18H26N2O/c1-4-5-8-11-21-18-17-10-7-6-9-15(17)12-16(20-18)13-19-14(2)3/h6-7,9-10,12,14,19H,4-5,8,11,13H2,1-3H3. The minimum atomic E-state index is 0.451. The van der Waals surface area contributed by atoms with Gasteiger partial charge in [0.25, 0.3) is 0 Å². The van der Waals surface area contributed by atoms with E-state index in [2.05, 4.69) is 55.3 Å². The molecular weight excluding hydrogens is 260 g/mol. The van der Waals surface area contributed by atoms with E-state index in [9.17, 15) is 0 Å². The summed E-state index contributed by atoms with van der Waals surface area (Å²) in [4.78, 5) is 4.69. The van der Waals surface area contributed by atoms with Crippen molar-refractivity contribution < 1.29 is 4.74 Å². The second-order valence-electron chi connectivity index (χ2n) is 5.73. The Bertz CT molecular complexity index is 566. The molecule has 21 heavy (non-hydrogen) atoms. The first kappa shape index (κ1) is 15.8. The van der Waals surface area contributed by atoms with Crippen LogP contribution < -0.4 is 10.1 Å². The average Bonchev–Trinajstić information content (AvgIpc) is 2.49. The SMILES string of the molecule is CCCCCOc1nc(CNC(C)C)cc2ccccc12. The number of ether oxygens (including phenoxy) is 1. The number of benzene rings is 1. The number of nitrogens with one attached hydrogen (secondary N) is 1. The van der Waals surface area contributed by atoms with Gasteiger partial charge in [-0.1, -0.05) is 51.8 Å². The van der Waals surface area contributed by atoms with Gasteiger partial charge in [0.2, 0.25) is 5.88 Å². The van der Waals surface area contributed by atoms with Crippen molar-refractivity contribution >= 4 is 10.8 Å². The van der Waals surface area contributed by atoms with E-state index in [0.717, 1.165) is 36.5 Å². The van der Waals surface area contributed by atoms with Crippen molar-refractivity contribution in [1.29, 1.82) is 0 Å². The second-order valence-corrected chi connectivity index (χ2v) is 5.73. The second kappa shape index (κ2) is 7.99. The molecule has 0 radical (unpaired) electrons. The van der Waals surface area contributed by atoms with Gasteiger partial charge < -0.3 is 10.1 Å². The third-order valence-corrected chi connectivity index (χ3v) is 3.44. The zero-order chi connectivity index (χ0) is 15.1. The van der Waals surface area contributed by atoms with Gasteiger partial charge in [0.15, 0.2) is 0 Å². The van der Waals surface area contributed by atoms with Gasteiger partial charge in [-0.2, -0.15) is 0 Å². The van der Waals surface area contributed by atoms with Crippen molar-refractivity contribution in [2.24, 2.45) is 0 Å². The van der Waals surface area contributed by atoms with Crippen LogP contribution in [0.4, 0.5) is 0 Å². The van der Waals surface area contributed by atoms with E-state index in [0.29, 0.717) is 6.04 Å². The lowest BCUT2D eigenvalue weighted by atomic mass is 10.1. The maximum Gasteiger partial charge on any atom is 0.221 e. The molecule has 1 aromatic carbocycles. The zero-order valence-corrected chi connectivity index (χ0v) is 13.4. The largest absolute Gasteiger partial charge is 0.477 e. The van der Waals surface area contributed by atoms with Crippen LogP contribution in [0, 0.1) is 0 Å². The molecule has 0 atom stereocenters. The van der Waals surface area contributed by atoms with Crippen LogP contribution in [0.5, 0.6) is 5.88 Å². The monoisotopic (exact) mass is 286 g/mol. The molecule has 114 valence electrons. The minimum Gasteiger partial charge on any atom is -0.477 e. The molecule has 2 aromatic rings. The zero-order valence-electron chi connectivity index (χ0n) is 13.4. The molecule has 3 heteroatoms. The molecule has 0 aliphatic heterocycles. The van der Waals surface area contributed by atoms with Crippen LogP contribution >= 0.6 is 0 Å². The summed E-state index contributed by atoms with van der Waals surface area (Å²) in [6, 6.07) is 10.9. The first-order chi connectivity index (χ1) is 10.2. The van der Waals surface area contributed by atoms with Gasteiger partial charge >= 0.3 is 0 Å². The first-order valence-electron chi connectivity index (χ1n) is 7.95. The van der Waals surface area contributed by atoms with Gasteiger partial charge in [-0.05, 0) is 23.9 Å². The topological polar surface area (TPSA) is 34.1 Å². The number of pyridine rings is 1. The van der Waals surface area contributed by atoms with Crippen LogP contribution in [-0.4, -0.2) is 17.6 Å². The van der Waals surface area contributed by atoms with E-state index in [4.69, 9.17) is 4.74 Å². The fourth-order valence-corrected chi connectivity index (χ4v) is 2.25. The number of nitrogens with zero attached hydrogens (tertiary/aromatic N) is 1. The minimum absolute atomic E-state index is 0.451. The van der Waals surface area contributed by atoms with Gasteiger partial charge in [0, 0.05) is 18.0 Å². The van der Waals surface area contributed by atoms with Gasteiger partial charge in [-0.3, -0.25) is 0 Å². The van der Waals surface area contributed by atoms with E-state index < -0.39 is 0 Å². The average molecular weight is 286 g/mol. The van der Waals surface area contributed by atoms with Crippen molar-refractivity contribution in [3.63, 3.8) is 0 Å². The number of unbranched alkanes of at least 4 members (excludes halogenated alkanes) is 2. The molecule has 0 saturated carbocycles. The molecule has 0 aliphatic rings. The van der Waals surface area contributed by atoms with E-state index in [1.54, 1.807) is 0 Å². The molecule has 0 amide bonds. The summed E-state index contributed by atoms with van der Waals surface area (Å²) in [6.45, 7) is 8.00. The summed E-state index contributed by atoms with van der Waals surface area (Å²) in [5, 5.41) is 5.70. The number of aromatic nitrogens is 1. The predicted molar refractivity (Wildman–Crippen MR) is 88.7 cm³/mol. The highest BCUT2D eigenvalue weighted by molar-refractivity contribution is 5.87. The van der Waals surface area contributed by atoms with E-state index >= 15 is 0 Å². The van der Waals surface area contributed by atoms with Crippen LogP contribution in [0.3, 0.4) is 0 Å². The lowest BCUT2D eigenvalue weighted by Crippen LogP contribution is -2.22. The smallest absolute Gasteiger partial charge is 0.221 e. The Hall–Kier alpha value is -1.61. The van der Waals surface area contributed by atoms with Crippen LogP contribution in [-0.2, 0) is 6.54 Å². The molecule has 0 unspecified atom stereocenters. The van der Waals surface area contributed by atoms with Gasteiger partial charge in [0.05, 0.1) is 12.3 Å². The van der Waals surface area contributed by atoms with Crippen molar-refractivity contribution in [1.82, 2.24) is 10.3 Å². The number of hydrogen-bond acceptors (Lipinski definition) is 3. The summed E-state index contributed by atoms with van der Waals surface area (Å²) in [6.07, 6.45) is 3.49. The van der Waals surface area contributed by atoms with Crippen LogP contribution in [0.15, 0.2) is 30.3 Å². The summed E-state index contributed by atoms with van der Waals surface area (Å²) >= 11 is 0. The maximum absolute atomic E-state index is 5.93. The van der Waals surface area contributed by atoms with E-state index in [1.165, 1.54) is 18.2 Å². The summed E-state index contributed by atoms with van der Waals surface area (Å²) in [5.41, 5.74) is 1.04. The molecule has 2 rings (SSSR count). The molecule has 0 fully saturated rings. The Balaban J connectivity index is 2.18. The summed E-state index contributed by atoms with van der Waals surface area (Å²) < 4.78 is 5.93. The Labute approximate surface area is 127 Å². The van der Waals surface area contributed by atoms with E-state index in [-0.39, 0.29) is 0 Å². The highest BCUT2D eigenvalue weighted by atomic mass is 16.5. The van der Waals surface area contributed by atoms with Crippen LogP contribution in [0.25, 0.3) is 10.8 Å². The molecule has 0 bridgehead atoms. The molecule has 0 aliphatic carbocycles. The van der Waals surface area contributed by atoms with Crippen LogP contribution in [0.1, 0.15) is 45.7 Å². The Morgan fingerprint density at radius 3 is 2.76 bits per heavy atom. The highest BCUT2D eigenvalue weighted by Gasteiger charge is 2.07. The van der Waals surface area contributed by atoms with Gasteiger partial charge in [-0.15, -0.1) is 0 Å². The fraction of sp³-hybridized carbons (Fsp3) is 0.500. The Morgan fingerprint density at radius 1 is 1.19 bits per heavy atom. The van der Waals surface area contributed by atoms with Gasteiger partial charge in [0.1, 0.15) is 0 Å². The third kappa shape index (κ3) is 4.71. The predicted octanol–water partition coefficient (Wildman–Crippen LogP) is 4.30. The molecule has 0 spiro atoms. The van der Waals surface area contributed by atoms with Crippen LogP contribution in [0.2, 0.25) is 0 Å². The lowest BCUT2D eigenvalue weighted by Gasteiger charge is -2.12. The number of rotatable bonds is 8. The molecule has 3 nitrogen and oxygen atoms in total. The first-order valence-corrected chi connectivity index (χ1v) is 7.95. The van der Waals surface area contributed by atoms with E-state index in [1.807, 2.05) is 6.07 Å². The van der Waals surface area contributed by atoms with Crippen molar-refractivity contribution in [2.45, 2.75) is 52.6 Å². The summed E-state index contributed by atoms with van der Waals surface area (Å²) in [7, 11) is 0. The fourth-order valence-electron chi connectivity index (χ4n) is 2.25. The van der Waals surface area contributed by atoms with Crippen molar-refractivity contribution in [2.75, 3.05) is 6.61 Å². The molecule has 1 N–H and O–H groups in total. The number of hydrogen-bond donors (Lipinski definition) is 1. The van der Waals surface area contributed by atoms with Crippen molar-refractivity contribution in [3.8, 4) is 5.88 Å². The Morgan fingerprint density at radius 2 is 2.00 bits per heavy atom. The molecule has 1 heterocycles. The Kier molecular flexibility index (Phi) is 6.00. The highest BCUT2D eigenvalue weighted by Crippen LogP contribution is 2.24. The maximum atomic E-state index is 5.93. The van der Waals surface area contributed by atoms with Crippen molar-refractivity contribution in [3.05, 3.63) is 36.0 Å².